The van der Waals surface area contributed by atoms with Crippen LogP contribution in [0.1, 0.15) is 11.1 Å². The van der Waals surface area contributed by atoms with Crippen molar-refractivity contribution in [3.63, 3.8) is 0 Å². The molecule has 0 atom stereocenters. The zero-order chi connectivity index (χ0) is 18.5. The maximum atomic E-state index is 12.6. The molecule has 0 saturated carbocycles. The lowest BCUT2D eigenvalue weighted by Gasteiger charge is -2.10. The Bertz CT molecular complexity index is 836. The number of carbonyl (C=O) groups is 1. The lowest BCUT2D eigenvalue weighted by atomic mass is 10.2. The highest BCUT2D eigenvalue weighted by Crippen LogP contribution is 2.30. The Morgan fingerprint density at radius 2 is 1.72 bits per heavy atom. The highest BCUT2D eigenvalue weighted by molar-refractivity contribution is 7.89. The number of nitrogens with one attached hydrogen (secondary N) is 1. The number of carbonyl (C=O) groups excluding carboxylic acids is 1. The SMILES string of the molecule is O=C(CNS(=O)(=O)c1cccc(C(F)(F)F)c1)OCc1ccccc1. The number of esters is 1. The fourth-order valence-corrected chi connectivity index (χ4v) is 2.88. The molecule has 0 amide bonds. The first kappa shape index (κ1) is 18.9. The van der Waals surface area contributed by atoms with Gasteiger partial charge in [-0.2, -0.15) is 17.9 Å². The van der Waals surface area contributed by atoms with Crippen LogP contribution in [0.15, 0.2) is 59.5 Å². The zero-order valence-corrected chi connectivity index (χ0v) is 13.6. The van der Waals surface area contributed by atoms with Gasteiger partial charge >= 0.3 is 12.1 Å². The second kappa shape index (κ2) is 7.66. The van der Waals surface area contributed by atoms with Crippen LogP contribution in [0.25, 0.3) is 0 Å². The molecule has 0 aliphatic rings. The third kappa shape index (κ3) is 5.57. The van der Waals surface area contributed by atoms with Crippen molar-refractivity contribution < 1.29 is 31.1 Å². The largest absolute Gasteiger partial charge is 0.460 e. The zero-order valence-electron chi connectivity index (χ0n) is 12.8. The molecule has 1 N–H and O–H groups in total. The molecule has 0 aliphatic carbocycles. The molecule has 25 heavy (non-hydrogen) atoms. The number of sulfonamides is 1. The summed E-state index contributed by atoms with van der Waals surface area (Å²) in [5, 5.41) is 0. The quantitative estimate of drug-likeness (QED) is 0.791. The minimum Gasteiger partial charge on any atom is -0.460 e. The van der Waals surface area contributed by atoms with Crippen molar-refractivity contribution in [2.75, 3.05) is 6.54 Å². The van der Waals surface area contributed by atoms with Gasteiger partial charge in [-0.25, -0.2) is 8.42 Å². The Hall–Kier alpha value is -2.39. The smallest absolute Gasteiger partial charge is 0.416 e. The van der Waals surface area contributed by atoms with Crippen LogP contribution in [-0.2, 0) is 32.3 Å². The molecule has 0 aromatic heterocycles. The Morgan fingerprint density at radius 1 is 1.04 bits per heavy atom. The van der Waals surface area contributed by atoms with Crippen LogP contribution in [0.5, 0.6) is 0 Å². The van der Waals surface area contributed by atoms with Crippen LogP contribution in [0, 0.1) is 0 Å². The predicted molar refractivity (Wildman–Crippen MR) is 82.9 cm³/mol. The van der Waals surface area contributed by atoms with Crippen LogP contribution >= 0.6 is 0 Å². The average Bonchev–Trinajstić information content (AvgIpc) is 2.58. The van der Waals surface area contributed by atoms with Gasteiger partial charge in [0.15, 0.2) is 0 Å². The number of alkyl halides is 3. The molecule has 2 aromatic carbocycles. The van der Waals surface area contributed by atoms with E-state index in [1.165, 1.54) is 0 Å². The Balaban J connectivity index is 1.96. The van der Waals surface area contributed by atoms with E-state index >= 15 is 0 Å². The van der Waals surface area contributed by atoms with E-state index in [4.69, 9.17) is 4.74 Å². The minimum absolute atomic E-state index is 0.0367. The average molecular weight is 373 g/mol. The first-order valence-electron chi connectivity index (χ1n) is 7.05. The molecule has 2 aromatic rings. The molecule has 5 nitrogen and oxygen atoms in total. The van der Waals surface area contributed by atoms with E-state index in [9.17, 15) is 26.4 Å². The molecular formula is C16H14F3NO4S. The maximum absolute atomic E-state index is 12.6. The summed E-state index contributed by atoms with van der Waals surface area (Å²) < 4.78 is 68.7. The third-order valence-corrected chi connectivity index (χ3v) is 4.52. The van der Waals surface area contributed by atoms with E-state index < -0.39 is 39.2 Å². The third-order valence-electron chi connectivity index (χ3n) is 3.12. The van der Waals surface area contributed by atoms with Crippen LogP contribution in [0.3, 0.4) is 0 Å². The van der Waals surface area contributed by atoms with Crippen molar-refractivity contribution >= 4 is 16.0 Å². The molecule has 134 valence electrons. The van der Waals surface area contributed by atoms with E-state index in [-0.39, 0.29) is 6.61 Å². The molecule has 2 rings (SSSR count). The van der Waals surface area contributed by atoms with Crippen molar-refractivity contribution in [3.05, 3.63) is 65.7 Å². The van der Waals surface area contributed by atoms with Gasteiger partial charge in [-0.3, -0.25) is 4.79 Å². The van der Waals surface area contributed by atoms with Gasteiger partial charge in [0.05, 0.1) is 10.5 Å². The normalized spacial score (nSPS) is 12.0. The summed E-state index contributed by atoms with van der Waals surface area (Å²) in [5.41, 5.74) is -0.376. The standard InChI is InChI=1S/C16H14F3NO4S/c17-16(18,19)13-7-4-8-14(9-13)25(22,23)20-10-15(21)24-11-12-5-2-1-3-6-12/h1-9,20H,10-11H2. The molecule has 0 spiro atoms. The molecule has 0 fully saturated rings. The van der Waals surface area contributed by atoms with Gasteiger partial charge in [-0.05, 0) is 23.8 Å². The number of hydrogen-bond donors (Lipinski definition) is 1. The minimum atomic E-state index is -4.67. The van der Waals surface area contributed by atoms with Crippen molar-refractivity contribution in [1.82, 2.24) is 4.72 Å². The topological polar surface area (TPSA) is 72.5 Å². The van der Waals surface area contributed by atoms with Gasteiger partial charge in [0, 0.05) is 0 Å². The highest BCUT2D eigenvalue weighted by Gasteiger charge is 2.31. The molecular weight excluding hydrogens is 359 g/mol. The van der Waals surface area contributed by atoms with E-state index in [0.29, 0.717) is 6.07 Å². The molecule has 0 saturated heterocycles. The van der Waals surface area contributed by atoms with Gasteiger partial charge in [0.25, 0.3) is 0 Å². The van der Waals surface area contributed by atoms with Gasteiger partial charge in [0.2, 0.25) is 10.0 Å². The number of benzene rings is 2. The van der Waals surface area contributed by atoms with Crippen LogP contribution in [0.2, 0.25) is 0 Å². The molecule has 0 bridgehead atoms. The highest BCUT2D eigenvalue weighted by atomic mass is 32.2. The molecule has 0 unspecified atom stereocenters. The van der Waals surface area contributed by atoms with Crippen molar-refractivity contribution in [1.29, 1.82) is 0 Å². The molecule has 9 heteroatoms. The van der Waals surface area contributed by atoms with E-state index in [1.54, 1.807) is 30.3 Å². The summed E-state index contributed by atoms with van der Waals surface area (Å²) in [6, 6.07) is 12.0. The van der Waals surface area contributed by atoms with Gasteiger partial charge < -0.3 is 4.74 Å². The van der Waals surface area contributed by atoms with Crippen LogP contribution in [0.4, 0.5) is 13.2 Å². The molecule has 0 aliphatic heterocycles. The van der Waals surface area contributed by atoms with Crippen molar-refractivity contribution in [2.45, 2.75) is 17.7 Å². The first-order chi connectivity index (χ1) is 11.7. The fourth-order valence-electron chi connectivity index (χ4n) is 1.87. The summed E-state index contributed by atoms with van der Waals surface area (Å²) in [5.74, 6) is -0.848. The van der Waals surface area contributed by atoms with E-state index in [0.717, 1.165) is 23.8 Å². The lowest BCUT2D eigenvalue weighted by Crippen LogP contribution is -2.30. The molecule has 0 radical (unpaired) electrons. The Labute approximate surface area is 142 Å². The van der Waals surface area contributed by atoms with E-state index in [2.05, 4.69) is 0 Å². The van der Waals surface area contributed by atoms with Crippen LogP contribution in [-0.4, -0.2) is 20.9 Å². The number of hydrogen-bond acceptors (Lipinski definition) is 4. The summed E-state index contributed by atoms with van der Waals surface area (Å²) in [6.45, 7) is -0.726. The monoisotopic (exact) mass is 373 g/mol. The Kier molecular flexibility index (Phi) is 5.81. The summed E-state index contributed by atoms with van der Waals surface area (Å²) in [4.78, 5) is 11.0. The Morgan fingerprint density at radius 3 is 2.36 bits per heavy atom. The lowest BCUT2D eigenvalue weighted by molar-refractivity contribution is -0.143. The van der Waals surface area contributed by atoms with Crippen LogP contribution < -0.4 is 4.72 Å². The maximum Gasteiger partial charge on any atom is 0.416 e. The van der Waals surface area contributed by atoms with Gasteiger partial charge in [0.1, 0.15) is 13.2 Å². The second-order valence-corrected chi connectivity index (χ2v) is 6.76. The fraction of sp³-hybridized carbons (Fsp3) is 0.188. The van der Waals surface area contributed by atoms with Crippen molar-refractivity contribution in [2.24, 2.45) is 0 Å². The molecule has 0 heterocycles. The number of halogens is 3. The summed E-state index contributed by atoms with van der Waals surface area (Å²) in [7, 11) is -4.27. The summed E-state index contributed by atoms with van der Waals surface area (Å²) >= 11 is 0. The van der Waals surface area contributed by atoms with Gasteiger partial charge in [-0.15, -0.1) is 0 Å². The summed E-state index contributed by atoms with van der Waals surface area (Å²) in [6.07, 6.45) is -4.67. The number of rotatable bonds is 6. The van der Waals surface area contributed by atoms with Crippen molar-refractivity contribution in [3.8, 4) is 0 Å². The second-order valence-electron chi connectivity index (χ2n) is 5.00. The predicted octanol–water partition coefficient (Wildman–Crippen LogP) is 2.73. The van der Waals surface area contributed by atoms with E-state index in [1.807, 2.05) is 4.72 Å². The number of ether oxygens (including phenoxy) is 1. The van der Waals surface area contributed by atoms with Gasteiger partial charge in [-0.1, -0.05) is 36.4 Å². The first-order valence-corrected chi connectivity index (χ1v) is 8.53.